The molecule has 3 atom stereocenters. The number of hydrogen-bond donors (Lipinski definition) is 2. The molecule has 2 N–H and O–H groups in total. The van der Waals surface area contributed by atoms with E-state index in [1.807, 2.05) is 97.9 Å². The fourth-order valence-electron chi connectivity index (χ4n) is 6.09. The van der Waals surface area contributed by atoms with Crippen molar-refractivity contribution in [3.05, 3.63) is 108 Å². The minimum absolute atomic E-state index is 0.377. The van der Waals surface area contributed by atoms with E-state index < -0.39 is 43.5 Å². The predicted molar refractivity (Wildman–Crippen MR) is 178 cm³/mol. The number of carbonyl (C=O) groups is 3. The molecule has 3 aromatic rings. The molecule has 0 radical (unpaired) electrons. The van der Waals surface area contributed by atoms with Gasteiger partial charge in [0.05, 0.1) is 6.10 Å². The average molecular weight is 629 g/mol. The zero-order valence-electron chi connectivity index (χ0n) is 26.7. The van der Waals surface area contributed by atoms with E-state index in [0.717, 1.165) is 15.9 Å². The van der Waals surface area contributed by atoms with Gasteiger partial charge < -0.3 is 24.5 Å². The number of carbonyl (C=O) groups excluding carboxylic acids is 2. The molecule has 1 aliphatic heterocycles. The number of amides is 2. The molecule has 0 aromatic heterocycles. The Kier molecular flexibility index (Phi) is 11.0. The Morgan fingerprint density at radius 1 is 0.889 bits per heavy atom. The molecule has 3 aromatic carbocycles. The van der Waals surface area contributed by atoms with E-state index in [9.17, 15) is 19.5 Å². The van der Waals surface area contributed by atoms with E-state index in [1.165, 1.54) is 13.0 Å². The average Bonchev–Trinajstić information content (AvgIpc) is 3.02. The van der Waals surface area contributed by atoms with Gasteiger partial charge in [-0.1, -0.05) is 119 Å². The van der Waals surface area contributed by atoms with Gasteiger partial charge in [-0.15, -0.1) is 0 Å². The third-order valence-electron chi connectivity index (χ3n) is 8.12. The fraction of sp³-hybridized carbons (Fsp3) is 0.361. The fourth-order valence-corrected chi connectivity index (χ4v) is 10.7. The summed E-state index contributed by atoms with van der Waals surface area (Å²) < 4.78 is 13.2. The molecule has 0 spiro atoms. The summed E-state index contributed by atoms with van der Waals surface area (Å²) in [5, 5.41) is 14.6. The first-order chi connectivity index (χ1) is 21.5. The van der Waals surface area contributed by atoms with Crippen LogP contribution in [0.2, 0.25) is 5.04 Å². The minimum Gasteiger partial charge on any atom is -0.475 e. The van der Waals surface area contributed by atoms with E-state index in [-0.39, 0.29) is 11.7 Å². The van der Waals surface area contributed by atoms with Gasteiger partial charge in [-0.05, 0) is 39.9 Å². The van der Waals surface area contributed by atoms with Crippen LogP contribution in [0.15, 0.2) is 103 Å². The highest BCUT2D eigenvalue weighted by Crippen LogP contribution is 2.39. The summed E-state index contributed by atoms with van der Waals surface area (Å²) in [6.45, 7) is 10.6. The second kappa shape index (κ2) is 14.7. The molecular formula is C36H44N2O6Si. The standard InChI is InChI=1S/C36H44N2O6Si/c1-6-23-38(24-22-27-16-10-7-11-17-27)34(40)33-32(37-26(2)39)30(25-31(43-33)35(41)42)44-45(36(3,4)5,28-18-12-8-13-19-28)29-20-14-9-15-21-29/h7-21,25,30,32-33H,6,22-24H2,1-5H3,(H,37,39)(H,41,42)/t30-,32-,33-/m1/s1. The van der Waals surface area contributed by atoms with Crippen molar-refractivity contribution in [3.63, 3.8) is 0 Å². The third-order valence-corrected chi connectivity index (χ3v) is 13.2. The molecule has 4 rings (SSSR count). The van der Waals surface area contributed by atoms with Crippen molar-refractivity contribution in [1.82, 2.24) is 10.2 Å². The smallest absolute Gasteiger partial charge is 0.370 e. The quantitative estimate of drug-likeness (QED) is 0.290. The number of carboxylic acids is 1. The SMILES string of the molecule is CCCN(CCc1ccccc1)C(=O)[C@@H]1OC(C(=O)O)=C[C@@H](O[Si](c2ccccc2)(c2ccccc2)C(C)(C)C)[C@H]1NC(C)=O. The number of nitrogens with one attached hydrogen (secondary N) is 1. The number of ether oxygens (including phenoxy) is 1. The van der Waals surface area contributed by atoms with Crippen LogP contribution in [0.3, 0.4) is 0 Å². The molecule has 0 unspecified atom stereocenters. The molecule has 0 saturated carbocycles. The van der Waals surface area contributed by atoms with Crippen LogP contribution in [0.4, 0.5) is 0 Å². The second-order valence-corrected chi connectivity index (χ2v) is 16.7. The van der Waals surface area contributed by atoms with Crippen molar-refractivity contribution in [2.24, 2.45) is 0 Å². The number of carboxylic acid groups (broad SMARTS) is 1. The Hall–Kier alpha value is -4.21. The van der Waals surface area contributed by atoms with Gasteiger partial charge in [0.1, 0.15) is 6.04 Å². The molecule has 45 heavy (non-hydrogen) atoms. The summed E-state index contributed by atoms with van der Waals surface area (Å²) in [5.74, 6) is -2.46. The van der Waals surface area contributed by atoms with E-state index in [4.69, 9.17) is 9.16 Å². The molecule has 0 saturated heterocycles. The first kappa shape index (κ1) is 33.7. The van der Waals surface area contributed by atoms with Gasteiger partial charge in [0.15, 0.2) is 6.10 Å². The number of nitrogens with zero attached hydrogens (tertiary/aromatic N) is 1. The first-order valence-corrected chi connectivity index (χ1v) is 17.4. The Labute approximate surface area is 267 Å². The van der Waals surface area contributed by atoms with Crippen LogP contribution < -0.4 is 15.7 Å². The number of rotatable bonds is 12. The van der Waals surface area contributed by atoms with Crippen LogP contribution in [0.25, 0.3) is 0 Å². The lowest BCUT2D eigenvalue weighted by Gasteiger charge is -2.47. The highest BCUT2D eigenvalue weighted by molar-refractivity contribution is 6.99. The van der Waals surface area contributed by atoms with E-state index >= 15 is 0 Å². The third kappa shape index (κ3) is 7.72. The zero-order chi connectivity index (χ0) is 32.6. The molecule has 1 heterocycles. The van der Waals surface area contributed by atoms with Gasteiger partial charge in [-0.25, -0.2) is 4.79 Å². The molecule has 0 bridgehead atoms. The van der Waals surface area contributed by atoms with Crippen molar-refractivity contribution in [3.8, 4) is 0 Å². The Bertz CT molecular complexity index is 1430. The normalized spacial score (nSPS) is 18.3. The number of aliphatic carboxylic acids is 1. The van der Waals surface area contributed by atoms with Gasteiger partial charge in [0.2, 0.25) is 11.7 Å². The van der Waals surface area contributed by atoms with Crippen molar-refractivity contribution in [1.29, 1.82) is 0 Å². The van der Waals surface area contributed by atoms with Crippen LogP contribution in [-0.2, 0) is 30.0 Å². The number of benzene rings is 3. The highest BCUT2D eigenvalue weighted by atomic mass is 28.4. The summed E-state index contributed by atoms with van der Waals surface area (Å²) >= 11 is 0. The summed E-state index contributed by atoms with van der Waals surface area (Å²) in [5.41, 5.74) is 1.08. The second-order valence-electron chi connectivity index (χ2n) is 12.4. The molecule has 8 nitrogen and oxygen atoms in total. The van der Waals surface area contributed by atoms with Crippen molar-refractivity contribution in [2.75, 3.05) is 13.1 Å². The maximum atomic E-state index is 14.3. The van der Waals surface area contributed by atoms with Gasteiger partial charge in [0.25, 0.3) is 14.2 Å². The lowest BCUT2D eigenvalue weighted by Crippen LogP contribution is -2.70. The monoisotopic (exact) mass is 628 g/mol. The van der Waals surface area contributed by atoms with E-state index in [2.05, 4.69) is 26.1 Å². The maximum Gasteiger partial charge on any atom is 0.370 e. The van der Waals surface area contributed by atoms with Crippen LogP contribution in [0.1, 0.15) is 46.6 Å². The maximum absolute atomic E-state index is 14.3. The van der Waals surface area contributed by atoms with Gasteiger partial charge in [-0.3, -0.25) is 9.59 Å². The topological polar surface area (TPSA) is 105 Å². The summed E-state index contributed by atoms with van der Waals surface area (Å²) in [4.78, 5) is 41.1. The van der Waals surface area contributed by atoms with E-state index in [1.54, 1.807) is 4.90 Å². The summed E-state index contributed by atoms with van der Waals surface area (Å²) in [6, 6.07) is 28.8. The Balaban J connectivity index is 1.82. The van der Waals surface area contributed by atoms with Crippen molar-refractivity contribution < 1.29 is 28.7 Å². The van der Waals surface area contributed by atoms with Crippen LogP contribution in [0.5, 0.6) is 0 Å². The van der Waals surface area contributed by atoms with Crippen LogP contribution in [0, 0.1) is 0 Å². The molecule has 0 fully saturated rings. The molecule has 0 aliphatic carbocycles. The molecule has 2 amide bonds. The first-order valence-electron chi connectivity index (χ1n) is 15.5. The van der Waals surface area contributed by atoms with Gasteiger partial charge in [0, 0.05) is 20.0 Å². The van der Waals surface area contributed by atoms with Crippen molar-refractivity contribution >= 4 is 36.5 Å². The molecule has 9 heteroatoms. The van der Waals surface area contributed by atoms with Crippen molar-refractivity contribution in [2.45, 2.75) is 70.7 Å². The molecule has 238 valence electrons. The minimum atomic E-state index is -3.23. The number of hydrogen-bond acceptors (Lipinski definition) is 5. The molecular weight excluding hydrogens is 584 g/mol. The van der Waals surface area contributed by atoms with E-state index in [0.29, 0.717) is 25.9 Å². The lowest BCUT2D eigenvalue weighted by molar-refractivity contribution is -0.151. The Morgan fingerprint density at radius 3 is 1.89 bits per heavy atom. The lowest BCUT2D eigenvalue weighted by atomic mass is 9.99. The summed E-state index contributed by atoms with van der Waals surface area (Å²) in [6.07, 6.45) is 0.428. The highest BCUT2D eigenvalue weighted by Gasteiger charge is 2.54. The molecule has 1 aliphatic rings. The predicted octanol–water partition coefficient (Wildman–Crippen LogP) is 4.28. The summed E-state index contributed by atoms with van der Waals surface area (Å²) in [7, 11) is -3.23. The zero-order valence-corrected chi connectivity index (χ0v) is 27.7. The van der Waals surface area contributed by atoms with Crippen LogP contribution in [-0.4, -0.2) is 67.4 Å². The largest absolute Gasteiger partial charge is 0.475 e. The van der Waals surface area contributed by atoms with Gasteiger partial charge >= 0.3 is 5.97 Å². The van der Waals surface area contributed by atoms with Crippen LogP contribution >= 0.6 is 0 Å². The Morgan fingerprint density at radius 2 is 1.42 bits per heavy atom. The van der Waals surface area contributed by atoms with Gasteiger partial charge in [-0.2, -0.15) is 0 Å².